The molecule has 0 aliphatic rings. The van der Waals surface area contributed by atoms with E-state index in [0.29, 0.717) is 0 Å². The first-order valence-electron chi connectivity index (χ1n) is 5.63. The highest BCUT2D eigenvalue weighted by atomic mass is 14.8. The van der Waals surface area contributed by atoms with Crippen molar-refractivity contribution in [2.24, 2.45) is 0 Å². The predicted molar refractivity (Wildman–Crippen MR) is 68.2 cm³/mol. The van der Waals surface area contributed by atoms with Crippen LogP contribution in [0.1, 0.15) is 31.5 Å². The van der Waals surface area contributed by atoms with Gasteiger partial charge >= 0.3 is 0 Å². The average molecular weight is 212 g/mol. The fourth-order valence-electron chi connectivity index (χ4n) is 1.81. The molecule has 0 N–H and O–H groups in total. The topological polar surface area (TPSA) is 25.8 Å². The van der Waals surface area contributed by atoms with Gasteiger partial charge in [0.25, 0.3) is 0 Å². The first-order valence-corrected chi connectivity index (χ1v) is 5.63. The van der Waals surface area contributed by atoms with E-state index in [1.165, 1.54) is 11.1 Å². The second-order valence-electron chi connectivity index (χ2n) is 3.91. The van der Waals surface area contributed by atoms with Crippen molar-refractivity contribution in [2.75, 3.05) is 0 Å². The largest absolute Gasteiger partial charge is 0.252 e. The standard InChI is InChI=1S/C14H16N2/c1-4-11(5-2)14-9-15-12-7-6-10(3)8-13(12)16-14/h4,6-9H,5H2,1-3H3/b11-4+. The third-order valence-electron chi connectivity index (χ3n) is 2.76. The molecule has 0 fully saturated rings. The van der Waals surface area contributed by atoms with Crippen LogP contribution in [-0.2, 0) is 0 Å². The van der Waals surface area contributed by atoms with Crippen molar-refractivity contribution in [1.82, 2.24) is 9.97 Å². The van der Waals surface area contributed by atoms with Crippen molar-refractivity contribution in [3.8, 4) is 0 Å². The molecule has 0 saturated heterocycles. The smallest absolute Gasteiger partial charge is 0.0896 e. The maximum Gasteiger partial charge on any atom is 0.0896 e. The molecule has 2 nitrogen and oxygen atoms in total. The van der Waals surface area contributed by atoms with Crippen LogP contribution in [0, 0.1) is 6.92 Å². The zero-order valence-corrected chi connectivity index (χ0v) is 9.99. The second kappa shape index (κ2) is 4.44. The van der Waals surface area contributed by atoms with Gasteiger partial charge in [0.1, 0.15) is 0 Å². The summed E-state index contributed by atoms with van der Waals surface area (Å²) in [6, 6.07) is 6.16. The van der Waals surface area contributed by atoms with Crippen LogP contribution in [0.5, 0.6) is 0 Å². The monoisotopic (exact) mass is 212 g/mol. The zero-order valence-electron chi connectivity index (χ0n) is 9.99. The molecule has 2 heteroatoms. The molecule has 0 spiro atoms. The molecule has 1 aromatic heterocycles. The lowest BCUT2D eigenvalue weighted by Gasteiger charge is -2.04. The van der Waals surface area contributed by atoms with Gasteiger partial charge < -0.3 is 0 Å². The number of nitrogens with zero attached hydrogens (tertiary/aromatic N) is 2. The highest BCUT2D eigenvalue weighted by Crippen LogP contribution is 2.18. The summed E-state index contributed by atoms with van der Waals surface area (Å²) in [7, 11) is 0. The van der Waals surface area contributed by atoms with Gasteiger partial charge in [-0.25, -0.2) is 4.98 Å². The molecule has 0 amide bonds. The quantitative estimate of drug-likeness (QED) is 0.757. The fraction of sp³-hybridized carbons (Fsp3) is 0.286. The molecule has 16 heavy (non-hydrogen) atoms. The first-order chi connectivity index (χ1) is 7.74. The van der Waals surface area contributed by atoms with Crippen molar-refractivity contribution in [3.05, 3.63) is 41.7 Å². The lowest BCUT2D eigenvalue weighted by molar-refractivity contribution is 1.16. The van der Waals surface area contributed by atoms with E-state index >= 15 is 0 Å². The van der Waals surface area contributed by atoms with Crippen molar-refractivity contribution in [3.63, 3.8) is 0 Å². The summed E-state index contributed by atoms with van der Waals surface area (Å²) in [6.45, 7) is 6.25. The Bertz CT molecular complexity index is 541. The van der Waals surface area contributed by atoms with Crippen molar-refractivity contribution in [2.45, 2.75) is 27.2 Å². The number of fused-ring (bicyclic) bond motifs is 1. The molecular weight excluding hydrogens is 196 g/mol. The SMILES string of the molecule is C/C=C(\CC)c1cnc2ccc(C)cc2n1. The second-order valence-corrected chi connectivity index (χ2v) is 3.91. The summed E-state index contributed by atoms with van der Waals surface area (Å²) >= 11 is 0. The maximum atomic E-state index is 4.65. The minimum atomic E-state index is 0.959. The molecule has 2 aromatic rings. The number of benzene rings is 1. The van der Waals surface area contributed by atoms with E-state index in [2.05, 4.69) is 42.0 Å². The number of hydrogen-bond donors (Lipinski definition) is 0. The third kappa shape index (κ3) is 1.96. The summed E-state index contributed by atoms with van der Waals surface area (Å²) in [5, 5.41) is 0. The summed E-state index contributed by atoms with van der Waals surface area (Å²) in [6.07, 6.45) is 4.95. The predicted octanol–water partition coefficient (Wildman–Crippen LogP) is 3.75. The average Bonchev–Trinajstić information content (AvgIpc) is 2.30. The summed E-state index contributed by atoms with van der Waals surface area (Å²) in [5.74, 6) is 0. The highest BCUT2D eigenvalue weighted by Gasteiger charge is 2.03. The summed E-state index contributed by atoms with van der Waals surface area (Å²) in [4.78, 5) is 9.08. The maximum absolute atomic E-state index is 4.65. The van der Waals surface area contributed by atoms with Gasteiger partial charge in [0.15, 0.2) is 0 Å². The summed E-state index contributed by atoms with van der Waals surface area (Å²) in [5.41, 5.74) is 5.39. The Kier molecular flexibility index (Phi) is 3.00. The minimum absolute atomic E-state index is 0.959. The molecule has 0 saturated carbocycles. The van der Waals surface area contributed by atoms with E-state index in [1.54, 1.807) is 0 Å². The van der Waals surface area contributed by atoms with Crippen LogP contribution < -0.4 is 0 Å². The fourth-order valence-corrected chi connectivity index (χ4v) is 1.81. The Morgan fingerprint density at radius 2 is 2.12 bits per heavy atom. The third-order valence-corrected chi connectivity index (χ3v) is 2.76. The molecule has 0 unspecified atom stereocenters. The molecule has 0 atom stereocenters. The van der Waals surface area contributed by atoms with Gasteiger partial charge in [0, 0.05) is 0 Å². The Hall–Kier alpha value is -1.70. The van der Waals surface area contributed by atoms with Gasteiger partial charge in [-0.3, -0.25) is 4.98 Å². The molecule has 0 aliphatic heterocycles. The Balaban J connectivity index is 2.58. The van der Waals surface area contributed by atoms with Gasteiger partial charge in [-0.15, -0.1) is 0 Å². The van der Waals surface area contributed by atoms with Crippen LogP contribution in [0.3, 0.4) is 0 Å². The van der Waals surface area contributed by atoms with Gasteiger partial charge in [0.2, 0.25) is 0 Å². The van der Waals surface area contributed by atoms with Gasteiger partial charge in [0.05, 0.1) is 22.9 Å². The molecule has 0 bridgehead atoms. The van der Waals surface area contributed by atoms with Gasteiger partial charge in [-0.1, -0.05) is 19.1 Å². The van der Waals surface area contributed by atoms with E-state index in [4.69, 9.17) is 0 Å². The number of aromatic nitrogens is 2. The van der Waals surface area contributed by atoms with Crippen LogP contribution in [0.2, 0.25) is 0 Å². The van der Waals surface area contributed by atoms with E-state index in [0.717, 1.165) is 23.1 Å². The molecular formula is C14H16N2. The number of allylic oxidation sites excluding steroid dienone is 2. The summed E-state index contributed by atoms with van der Waals surface area (Å²) < 4.78 is 0. The van der Waals surface area contributed by atoms with Crippen LogP contribution >= 0.6 is 0 Å². The molecule has 0 radical (unpaired) electrons. The molecule has 82 valence electrons. The Morgan fingerprint density at radius 1 is 1.31 bits per heavy atom. The molecule has 2 rings (SSSR count). The minimum Gasteiger partial charge on any atom is -0.252 e. The Labute approximate surface area is 96.1 Å². The van der Waals surface area contributed by atoms with E-state index in [9.17, 15) is 0 Å². The van der Waals surface area contributed by atoms with Gasteiger partial charge in [-0.05, 0) is 43.5 Å². The number of hydrogen-bond acceptors (Lipinski definition) is 2. The van der Waals surface area contributed by atoms with Crippen molar-refractivity contribution >= 4 is 16.6 Å². The van der Waals surface area contributed by atoms with Crippen LogP contribution in [0.4, 0.5) is 0 Å². The van der Waals surface area contributed by atoms with Crippen molar-refractivity contribution in [1.29, 1.82) is 0 Å². The number of rotatable bonds is 2. The van der Waals surface area contributed by atoms with Gasteiger partial charge in [-0.2, -0.15) is 0 Å². The lowest BCUT2D eigenvalue weighted by atomic mass is 10.1. The molecule has 1 aromatic carbocycles. The van der Waals surface area contributed by atoms with E-state index in [1.807, 2.05) is 19.2 Å². The Morgan fingerprint density at radius 3 is 2.81 bits per heavy atom. The van der Waals surface area contributed by atoms with Crippen molar-refractivity contribution < 1.29 is 0 Å². The molecule has 0 aliphatic carbocycles. The van der Waals surface area contributed by atoms with E-state index < -0.39 is 0 Å². The lowest BCUT2D eigenvalue weighted by Crippen LogP contribution is -1.92. The van der Waals surface area contributed by atoms with E-state index in [-0.39, 0.29) is 0 Å². The first kappa shape index (κ1) is 10.8. The number of aryl methyl sites for hydroxylation is 1. The van der Waals surface area contributed by atoms with Crippen LogP contribution in [-0.4, -0.2) is 9.97 Å². The van der Waals surface area contributed by atoms with Crippen LogP contribution in [0.15, 0.2) is 30.5 Å². The highest BCUT2D eigenvalue weighted by molar-refractivity contribution is 5.77. The zero-order chi connectivity index (χ0) is 11.5. The van der Waals surface area contributed by atoms with Crippen LogP contribution in [0.25, 0.3) is 16.6 Å². The molecule has 1 heterocycles. The normalized spacial score (nSPS) is 12.1.